The fourth-order valence-corrected chi connectivity index (χ4v) is 5.23. The largest absolute Gasteiger partial charge is 0.508 e. The lowest BCUT2D eigenvalue weighted by Gasteiger charge is -2.30. The summed E-state index contributed by atoms with van der Waals surface area (Å²) in [7, 11) is -3.67. The number of nitrogens with zero attached hydrogens (tertiary/aromatic N) is 1. The van der Waals surface area contributed by atoms with E-state index in [2.05, 4.69) is 19.2 Å². The smallest absolute Gasteiger partial charge is 0.326 e. The van der Waals surface area contributed by atoms with Crippen LogP contribution in [0.2, 0.25) is 0 Å². The molecule has 0 spiro atoms. The van der Waals surface area contributed by atoms with Crippen LogP contribution < -0.4 is 5.32 Å². The number of hydrogen-bond acceptors (Lipinski definition) is 5. The molecule has 200 valence electrons. The van der Waals surface area contributed by atoms with Crippen LogP contribution in [0.25, 0.3) is 0 Å². The number of carbonyl (C=O) groups is 2. The summed E-state index contributed by atoms with van der Waals surface area (Å²) in [5, 5.41) is 21.8. The predicted octanol–water partition coefficient (Wildman–Crippen LogP) is 4.47. The van der Waals surface area contributed by atoms with Crippen LogP contribution in [0.5, 0.6) is 5.75 Å². The minimum absolute atomic E-state index is 0.0282. The maximum atomic E-state index is 13.3. The number of nitrogens with one attached hydrogen (secondary N) is 1. The fraction of sp³-hybridized carbons (Fsp3) is 0.692. The molecule has 9 heteroatoms. The number of hydrogen-bond donors (Lipinski definition) is 3. The standard InChI is InChI=1S/C26H44N2O6S/c1-4-6-8-10-11-12-14-24(28(35(3,33)34)19-13-9-7-5-2)25(30)27-23(26(31)32)20-21-15-17-22(29)18-16-21/h15-18,23-24,29H,4-14,19-20H2,1-3H3,(H,27,30)(H,31,32)/t23-,24-/m1/s1. The summed E-state index contributed by atoms with van der Waals surface area (Å²) in [6, 6.07) is 3.96. The van der Waals surface area contributed by atoms with Crippen LogP contribution in [0.4, 0.5) is 0 Å². The number of aromatic hydroxyl groups is 1. The molecule has 0 saturated heterocycles. The van der Waals surface area contributed by atoms with Crippen molar-refractivity contribution >= 4 is 21.9 Å². The number of carbonyl (C=O) groups excluding carboxylic acids is 1. The molecule has 1 amide bonds. The first-order valence-electron chi connectivity index (χ1n) is 12.9. The fourth-order valence-electron chi connectivity index (χ4n) is 4.11. The highest BCUT2D eigenvalue weighted by Gasteiger charge is 2.34. The molecule has 2 atom stereocenters. The molecule has 0 bridgehead atoms. The summed E-state index contributed by atoms with van der Waals surface area (Å²) in [5.74, 6) is -1.71. The lowest BCUT2D eigenvalue weighted by molar-refractivity contribution is -0.142. The van der Waals surface area contributed by atoms with Gasteiger partial charge in [0.1, 0.15) is 17.8 Å². The summed E-state index contributed by atoms with van der Waals surface area (Å²) in [5.41, 5.74) is 0.641. The molecule has 0 aliphatic rings. The average Bonchev–Trinajstić information content (AvgIpc) is 2.79. The SMILES string of the molecule is CCCCCCCC[C@H](C(=O)N[C@H](Cc1ccc(O)cc1)C(=O)O)N(CCCCCC)S(C)(=O)=O. The Balaban J connectivity index is 3.01. The van der Waals surface area contributed by atoms with Gasteiger partial charge in [0, 0.05) is 13.0 Å². The quantitative estimate of drug-likeness (QED) is 0.235. The van der Waals surface area contributed by atoms with E-state index in [0.29, 0.717) is 24.8 Å². The first-order valence-corrected chi connectivity index (χ1v) is 14.7. The van der Waals surface area contributed by atoms with Crippen molar-refractivity contribution in [3.8, 4) is 5.75 Å². The number of amides is 1. The Bertz CT molecular complexity index is 857. The Morgan fingerprint density at radius 2 is 1.46 bits per heavy atom. The molecule has 1 rings (SSSR count). The Labute approximate surface area is 211 Å². The third kappa shape index (κ3) is 12.4. The van der Waals surface area contributed by atoms with Gasteiger partial charge >= 0.3 is 5.97 Å². The van der Waals surface area contributed by atoms with E-state index in [-0.39, 0.29) is 18.7 Å². The van der Waals surface area contributed by atoms with Crippen LogP contribution in [0.3, 0.4) is 0 Å². The normalized spacial score (nSPS) is 13.5. The van der Waals surface area contributed by atoms with Crippen molar-refractivity contribution in [3.05, 3.63) is 29.8 Å². The van der Waals surface area contributed by atoms with Gasteiger partial charge in [-0.15, -0.1) is 0 Å². The second kappa shape index (κ2) is 16.5. The molecule has 1 aromatic rings. The number of benzene rings is 1. The van der Waals surface area contributed by atoms with E-state index in [9.17, 15) is 28.2 Å². The molecule has 1 aromatic carbocycles. The molecular formula is C26H44N2O6S. The first kappa shape index (κ1) is 30.9. The van der Waals surface area contributed by atoms with E-state index in [0.717, 1.165) is 57.6 Å². The van der Waals surface area contributed by atoms with Gasteiger partial charge in [0.2, 0.25) is 15.9 Å². The third-order valence-corrected chi connectivity index (χ3v) is 7.42. The van der Waals surface area contributed by atoms with E-state index in [1.165, 1.54) is 16.4 Å². The van der Waals surface area contributed by atoms with E-state index < -0.39 is 34.0 Å². The highest BCUT2D eigenvalue weighted by molar-refractivity contribution is 7.88. The third-order valence-electron chi connectivity index (χ3n) is 6.13. The van der Waals surface area contributed by atoms with E-state index in [1.807, 2.05) is 0 Å². The highest BCUT2D eigenvalue weighted by atomic mass is 32.2. The van der Waals surface area contributed by atoms with Crippen molar-refractivity contribution < 1.29 is 28.2 Å². The Kier molecular flexibility index (Phi) is 14.6. The summed E-state index contributed by atoms with van der Waals surface area (Å²) in [6.07, 6.45) is 11.0. The number of unbranched alkanes of at least 4 members (excludes halogenated alkanes) is 8. The number of phenolic OH excluding ortho intramolecular Hbond substituents is 1. The van der Waals surface area contributed by atoms with Crippen molar-refractivity contribution in [1.82, 2.24) is 9.62 Å². The maximum absolute atomic E-state index is 13.3. The second-order valence-corrected chi connectivity index (χ2v) is 11.2. The highest BCUT2D eigenvalue weighted by Crippen LogP contribution is 2.18. The lowest BCUT2D eigenvalue weighted by Crippen LogP contribution is -2.53. The van der Waals surface area contributed by atoms with Crippen molar-refractivity contribution in [3.63, 3.8) is 0 Å². The van der Waals surface area contributed by atoms with Gasteiger partial charge in [-0.25, -0.2) is 13.2 Å². The number of carboxylic acids is 1. The van der Waals surface area contributed by atoms with E-state index in [1.54, 1.807) is 12.1 Å². The Morgan fingerprint density at radius 3 is 2.00 bits per heavy atom. The Morgan fingerprint density at radius 1 is 0.914 bits per heavy atom. The molecule has 0 fully saturated rings. The van der Waals surface area contributed by atoms with Gasteiger partial charge in [-0.1, -0.05) is 83.8 Å². The number of aliphatic carboxylic acids is 1. The van der Waals surface area contributed by atoms with Crippen LogP contribution in [-0.4, -0.2) is 59.7 Å². The van der Waals surface area contributed by atoms with E-state index >= 15 is 0 Å². The molecule has 0 heterocycles. The number of rotatable bonds is 19. The number of carboxylic acid groups (broad SMARTS) is 1. The van der Waals surface area contributed by atoms with Crippen molar-refractivity contribution in [2.24, 2.45) is 0 Å². The zero-order chi connectivity index (χ0) is 26.3. The van der Waals surface area contributed by atoms with Gasteiger partial charge in [-0.05, 0) is 30.5 Å². The van der Waals surface area contributed by atoms with Gasteiger partial charge < -0.3 is 15.5 Å². The minimum Gasteiger partial charge on any atom is -0.508 e. The molecule has 0 aliphatic heterocycles. The maximum Gasteiger partial charge on any atom is 0.326 e. The number of sulfonamides is 1. The van der Waals surface area contributed by atoms with Crippen LogP contribution in [-0.2, 0) is 26.0 Å². The first-order chi connectivity index (χ1) is 16.6. The lowest BCUT2D eigenvalue weighted by atomic mass is 10.0. The molecule has 0 aromatic heterocycles. The second-order valence-electron chi connectivity index (χ2n) is 9.28. The average molecular weight is 513 g/mol. The summed E-state index contributed by atoms with van der Waals surface area (Å²) in [4.78, 5) is 25.2. The van der Waals surface area contributed by atoms with Crippen LogP contribution in [0.15, 0.2) is 24.3 Å². The van der Waals surface area contributed by atoms with Gasteiger partial charge in [0.15, 0.2) is 0 Å². The molecule has 0 aliphatic carbocycles. The molecular weight excluding hydrogens is 468 g/mol. The van der Waals surface area contributed by atoms with Crippen molar-refractivity contribution in [2.45, 2.75) is 103 Å². The molecule has 3 N–H and O–H groups in total. The van der Waals surface area contributed by atoms with Crippen molar-refractivity contribution in [2.75, 3.05) is 12.8 Å². The molecule has 35 heavy (non-hydrogen) atoms. The van der Waals surface area contributed by atoms with Crippen LogP contribution >= 0.6 is 0 Å². The number of phenols is 1. The van der Waals surface area contributed by atoms with Crippen molar-refractivity contribution in [1.29, 1.82) is 0 Å². The van der Waals surface area contributed by atoms with Crippen LogP contribution in [0.1, 0.15) is 90.0 Å². The van der Waals surface area contributed by atoms with Gasteiger partial charge in [0.25, 0.3) is 0 Å². The monoisotopic (exact) mass is 512 g/mol. The molecule has 8 nitrogen and oxygen atoms in total. The molecule has 0 radical (unpaired) electrons. The summed E-state index contributed by atoms with van der Waals surface area (Å²) < 4.78 is 26.6. The minimum atomic E-state index is -3.67. The summed E-state index contributed by atoms with van der Waals surface area (Å²) >= 11 is 0. The van der Waals surface area contributed by atoms with Gasteiger partial charge in [0.05, 0.1) is 6.26 Å². The predicted molar refractivity (Wildman–Crippen MR) is 139 cm³/mol. The Hall–Kier alpha value is -2.13. The topological polar surface area (TPSA) is 124 Å². The molecule has 0 unspecified atom stereocenters. The van der Waals surface area contributed by atoms with Crippen LogP contribution in [0, 0.1) is 0 Å². The van der Waals surface area contributed by atoms with Gasteiger partial charge in [-0.2, -0.15) is 4.31 Å². The zero-order valence-electron chi connectivity index (χ0n) is 21.5. The van der Waals surface area contributed by atoms with E-state index in [4.69, 9.17) is 0 Å². The summed E-state index contributed by atoms with van der Waals surface area (Å²) in [6.45, 7) is 4.45. The molecule has 0 saturated carbocycles. The van der Waals surface area contributed by atoms with Gasteiger partial charge in [-0.3, -0.25) is 4.79 Å². The zero-order valence-corrected chi connectivity index (χ0v) is 22.4.